The fourth-order valence-electron chi connectivity index (χ4n) is 1.35. The first kappa shape index (κ1) is 12.4. The zero-order chi connectivity index (χ0) is 12.3. The van der Waals surface area contributed by atoms with E-state index in [2.05, 4.69) is 45.0 Å². The van der Waals surface area contributed by atoms with Crippen LogP contribution in [0.1, 0.15) is 11.4 Å². The highest BCUT2D eigenvalue weighted by molar-refractivity contribution is 9.10. The van der Waals surface area contributed by atoms with E-state index in [0.717, 1.165) is 16.0 Å². The number of halogens is 1. The monoisotopic (exact) mass is 309 g/mol. The molecule has 0 bridgehead atoms. The van der Waals surface area contributed by atoms with E-state index in [1.807, 2.05) is 12.1 Å². The summed E-state index contributed by atoms with van der Waals surface area (Å²) in [5.41, 5.74) is 6.98. The summed E-state index contributed by atoms with van der Waals surface area (Å²) < 4.78 is 0.738. The van der Waals surface area contributed by atoms with Gasteiger partial charge in [-0.25, -0.2) is 9.97 Å². The highest BCUT2D eigenvalue weighted by Crippen LogP contribution is 2.25. The molecule has 0 aliphatic carbocycles. The Hall–Kier alpha value is -1.07. The first-order chi connectivity index (χ1) is 8.16. The van der Waals surface area contributed by atoms with Crippen molar-refractivity contribution in [3.63, 3.8) is 0 Å². The Balaban J connectivity index is 2.08. The maximum atomic E-state index is 5.71. The highest BCUT2D eigenvalue weighted by atomic mass is 79.9. The maximum absolute atomic E-state index is 5.71. The Morgan fingerprint density at radius 2 is 2.12 bits per heavy atom. The topological polar surface area (TPSA) is 51.8 Å². The van der Waals surface area contributed by atoms with Crippen molar-refractivity contribution in [2.24, 2.45) is 0 Å². The van der Waals surface area contributed by atoms with E-state index in [1.165, 1.54) is 10.5 Å². The number of benzene rings is 1. The van der Waals surface area contributed by atoms with Gasteiger partial charge in [0.1, 0.15) is 11.6 Å². The van der Waals surface area contributed by atoms with Gasteiger partial charge < -0.3 is 5.73 Å². The zero-order valence-corrected chi connectivity index (χ0v) is 11.8. The van der Waals surface area contributed by atoms with Gasteiger partial charge in [-0.05, 0) is 34.5 Å². The molecule has 1 aromatic heterocycles. The van der Waals surface area contributed by atoms with Gasteiger partial charge in [-0.1, -0.05) is 18.2 Å². The van der Waals surface area contributed by atoms with Crippen molar-refractivity contribution in [1.82, 2.24) is 9.97 Å². The third-order valence-corrected chi connectivity index (χ3v) is 4.05. The molecule has 0 atom stereocenters. The molecular weight excluding hydrogens is 298 g/mol. The van der Waals surface area contributed by atoms with Crippen LogP contribution in [0.5, 0.6) is 0 Å². The summed E-state index contributed by atoms with van der Waals surface area (Å²) in [6, 6.07) is 8.26. The molecule has 0 unspecified atom stereocenters. The Kier molecular flexibility index (Phi) is 4.02. The van der Waals surface area contributed by atoms with Gasteiger partial charge in [-0.3, -0.25) is 0 Å². The first-order valence-electron chi connectivity index (χ1n) is 5.12. The Labute approximate surface area is 113 Å². The summed E-state index contributed by atoms with van der Waals surface area (Å²) in [7, 11) is 0. The van der Waals surface area contributed by atoms with Crippen molar-refractivity contribution >= 4 is 33.5 Å². The molecule has 88 valence electrons. The van der Waals surface area contributed by atoms with Gasteiger partial charge in [-0.2, -0.15) is 0 Å². The van der Waals surface area contributed by atoms with Gasteiger partial charge >= 0.3 is 0 Å². The molecule has 5 heteroatoms. The third kappa shape index (κ3) is 3.20. The van der Waals surface area contributed by atoms with Crippen molar-refractivity contribution in [2.75, 3.05) is 5.73 Å². The summed E-state index contributed by atoms with van der Waals surface area (Å²) in [5.74, 6) is 1.96. The smallest absolute Gasteiger partial charge is 0.141 e. The molecule has 2 N–H and O–H groups in total. The van der Waals surface area contributed by atoms with Crippen molar-refractivity contribution < 1.29 is 0 Å². The normalized spacial score (nSPS) is 10.5. The average Bonchev–Trinajstić information content (AvgIpc) is 2.32. The minimum Gasteiger partial charge on any atom is -0.383 e. The highest BCUT2D eigenvalue weighted by Gasteiger charge is 2.03. The third-order valence-electron chi connectivity index (χ3n) is 2.27. The zero-order valence-electron chi connectivity index (χ0n) is 9.35. The first-order valence-corrected chi connectivity index (χ1v) is 6.90. The van der Waals surface area contributed by atoms with Crippen molar-refractivity contribution in [1.29, 1.82) is 0 Å². The molecular formula is C12H12BrN3S. The van der Waals surface area contributed by atoms with Crippen LogP contribution in [0.15, 0.2) is 39.8 Å². The van der Waals surface area contributed by atoms with Gasteiger partial charge in [0.2, 0.25) is 0 Å². The molecule has 0 saturated carbocycles. The van der Waals surface area contributed by atoms with E-state index < -0.39 is 0 Å². The lowest BCUT2D eigenvalue weighted by molar-refractivity contribution is 1.03. The molecule has 0 radical (unpaired) electrons. The molecule has 17 heavy (non-hydrogen) atoms. The number of rotatable bonds is 3. The molecule has 2 aromatic rings. The van der Waals surface area contributed by atoms with Crippen LogP contribution in [-0.2, 0) is 5.75 Å². The number of hydrogen-bond acceptors (Lipinski definition) is 4. The summed E-state index contributed by atoms with van der Waals surface area (Å²) in [6.07, 6.45) is 1.69. The number of thioether (sulfide) groups is 1. The van der Waals surface area contributed by atoms with Gasteiger partial charge in [0, 0.05) is 11.1 Å². The van der Waals surface area contributed by atoms with Crippen LogP contribution in [0.3, 0.4) is 0 Å². The van der Waals surface area contributed by atoms with Crippen LogP contribution >= 0.6 is 27.7 Å². The molecule has 1 aromatic carbocycles. The van der Waals surface area contributed by atoms with Gasteiger partial charge in [-0.15, -0.1) is 11.8 Å². The van der Waals surface area contributed by atoms with Gasteiger partial charge in [0.05, 0.1) is 10.2 Å². The molecule has 3 nitrogen and oxygen atoms in total. The van der Waals surface area contributed by atoms with E-state index in [4.69, 9.17) is 5.73 Å². The van der Waals surface area contributed by atoms with Gasteiger partial charge in [0.15, 0.2) is 0 Å². The lowest BCUT2D eigenvalue weighted by Crippen LogP contribution is -1.98. The number of aryl methyl sites for hydroxylation is 1. The second-order valence-corrected chi connectivity index (χ2v) is 5.45. The van der Waals surface area contributed by atoms with Gasteiger partial charge in [0.25, 0.3) is 0 Å². The predicted octanol–water partition coefficient (Wildman–Crippen LogP) is 3.42. The predicted molar refractivity (Wildman–Crippen MR) is 74.9 cm³/mol. The fraction of sp³-hybridized carbons (Fsp3) is 0.167. The molecule has 0 fully saturated rings. The number of anilines is 1. The van der Waals surface area contributed by atoms with E-state index in [-0.39, 0.29) is 0 Å². The number of nitrogens with zero attached hydrogens (tertiary/aromatic N) is 2. The molecule has 0 spiro atoms. The van der Waals surface area contributed by atoms with Crippen LogP contribution < -0.4 is 5.73 Å². The van der Waals surface area contributed by atoms with Crippen molar-refractivity contribution in [3.05, 3.63) is 46.3 Å². The number of nitrogens with two attached hydrogens (primary N) is 1. The second-order valence-electron chi connectivity index (χ2n) is 3.57. The molecule has 0 amide bonds. The Morgan fingerprint density at radius 1 is 1.35 bits per heavy atom. The summed E-state index contributed by atoms with van der Waals surface area (Å²) >= 11 is 5.00. The summed E-state index contributed by atoms with van der Waals surface area (Å²) in [6.45, 7) is 2.10. The fourth-order valence-corrected chi connectivity index (χ4v) is 2.43. The summed E-state index contributed by atoms with van der Waals surface area (Å²) in [4.78, 5) is 9.69. The Bertz CT molecular complexity index is 531. The molecule has 0 saturated heterocycles. The SMILES string of the molecule is Cc1ccccc1SCc1ncc(Br)c(N)n1. The molecule has 2 rings (SSSR count). The van der Waals surface area contributed by atoms with E-state index in [0.29, 0.717) is 5.82 Å². The lowest BCUT2D eigenvalue weighted by atomic mass is 10.2. The van der Waals surface area contributed by atoms with Crippen LogP contribution in [0.25, 0.3) is 0 Å². The molecule has 1 heterocycles. The largest absolute Gasteiger partial charge is 0.383 e. The average molecular weight is 310 g/mol. The van der Waals surface area contributed by atoms with Crippen molar-refractivity contribution in [3.8, 4) is 0 Å². The van der Waals surface area contributed by atoms with Crippen LogP contribution in [0.4, 0.5) is 5.82 Å². The van der Waals surface area contributed by atoms with Crippen molar-refractivity contribution in [2.45, 2.75) is 17.6 Å². The van der Waals surface area contributed by atoms with E-state index in [1.54, 1.807) is 18.0 Å². The minimum atomic E-state index is 0.486. The number of hydrogen-bond donors (Lipinski definition) is 1. The minimum absolute atomic E-state index is 0.486. The van der Waals surface area contributed by atoms with Crippen LogP contribution in [0.2, 0.25) is 0 Å². The maximum Gasteiger partial charge on any atom is 0.141 e. The summed E-state index contributed by atoms with van der Waals surface area (Å²) in [5, 5.41) is 0. The van der Waals surface area contributed by atoms with Crippen LogP contribution in [-0.4, -0.2) is 9.97 Å². The number of nitrogen functional groups attached to an aromatic ring is 1. The Morgan fingerprint density at radius 3 is 2.82 bits per heavy atom. The lowest BCUT2D eigenvalue weighted by Gasteiger charge is -2.05. The van der Waals surface area contributed by atoms with Crippen LogP contribution in [0, 0.1) is 6.92 Å². The second kappa shape index (κ2) is 5.51. The quantitative estimate of drug-likeness (QED) is 0.883. The molecule has 0 aliphatic heterocycles. The van der Waals surface area contributed by atoms with E-state index >= 15 is 0 Å². The molecule has 0 aliphatic rings. The standard InChI is InChI=1S/C12H12BrN3S/c1-8-4-2-3-5-10(8)17-7-11-15-6-9(13)12(14)16-11/h2-6H,7H2,1H3,(H2,14,15,16). The van der Waals surface area contributed by atoms with E-state index in [9.17, 15) is 0 Å². The number of aromatic nitrogens is 2.